The highest BCUT2D eigenvalue weighted by Crippen LogP contribution is 2.23. The fraction of sp³-hybridized carbons (Fsp3) is 0.368. The monoisotopic (exact) mass is 365 g/mol. The van der Waals surface area contributed by atoms with Crippen molar-refractivity contribution in [2.75, 3.05) is 36.8 Å². The van der Waals surface area contributed by atoms with Crippen molar-refractivity contribution < 1.29 is 4.79 Å². The molecule has 0 unspecified atom stereocenters. The van der Waals surface area contributed by atoms with Gasteiger partial charge in [0.2, 0.25) is 5.91 Å². The first-order valence-corrected chi connectivity index (χ1v) is 9.12. The summed E-state index contributed by atoms with van der Waals surface area (Å²) in [6.45, 7) is 2.88. The number of amides is 1. The first-order valence-electron chi connectivity index (χ1n) is 9.12. The molecule has 3 aromatic rings. The molecule has 0 atom stereocenters. The van der Waals surface area contributed by atoms with Crippen LogP contribution in [0.3, 0.4) is 0 Å². The highest BCUT2D eigenvalue weighted by Gasteiger charge is 2.23. The number of hydrogen-bond acceptors (Lipinski definition) is 6. The van der Waals surface area contributed by atoms with E-state index in [0.717, 1.165) is 41.2 Å². The molecule has 8 nitrogen and oxygen atoms in total. The lowest BCUT2D eigenvalue weighted by atomic mass is 10.1. The molecule has 0 bridgehead atoms. The topological polar surface area (TPSA) is 93.2 Å². The van der Waals surface area contributed by atoms with Crippen LogP contribution in [0.15, 0.2) is 36.8 Å². The molecule has 0 spiro atoms. The van der Waals surface area contributed by atoms with Crippen LogP contribution in [0.25, 0.3) is 11.0 Å². The van der Waals surface area contributed by atoms with E-state index in [1.807, 2.05) is 36.2 Å². The Labute approximate surface area is 157 Å². The Balaban J connectivity index is 1.37. The van der Waals surface area contributed by atoms with E-state index in [-0.39, 0.29) is 5.91 Å². The van der Waals surface area contributed by atoms with E-state index in [1.165, 1.54) is 0 Å². The van der Waals surface area contributed by atoms with Gasteiger partial charge in [-0.3, -0.25) is 9.48 Å². The predicted molar refractivity (Wildman–Crippen MR) is 104 cm³/mol. The predicted octanol–water partition coefficient (Wildman–Crippen LogP) is 1.23. The lowest BCUT2D eigenvalue weighted by Crippen LogP contribution is -2.49. The van der Waals surface area contributed by atoms with E-state index in [4.69, 9.17) is 5.73 Å². The molecule has 1 amide bonds. The maximum Gasteiger partial charge on any atom is 0.223 e. The minimum Gasteiger partial charge on any atom is -0.399 e. The highest BCUT2D eigenvalue weighted by molar-refractivity contribution is 5.86. The van der Waals surface area contributed by atoms with Gasteiger partial charge in [0, 0.05) is 45.3 Å². The summed E-state index contributed by atoms with van der Waals surface area (Å²) in [6, 6.07) is 7.72. The summed E-state index contributed by atoms with van der Waals surface area (Å²) in [5, 5.41) is 5.21. The van der Waals surface area contributed by atoms with Crippen LogP contribution in [0.1, 0.15) is 12.0 Å². The molecule has 27 heavy (non-hydrogen) atoms. The van der Waals surface area contributed by atoms with Gasteiger partial charge in [-0.2, -0.15) is 5.10 Å². The van der Waals surface area contributed by atoms with Crippen LogP contribution in [0.5, 0.6) is 0 Å². The molecule has 0 radical (unpaired) electrons. The molecule has 1 aliphatic heterocycles. The van der Waals surface area contributed by atoms with Crippen LogP contribution in [-0.4, -0.2) is 56.7 Å². The second kappa shape index (κ2) is 7.22. The van der Waals surface area contributed by atoms with Crippen molar-refractivity contribution in [1.82, 2.24) is 24.6 Å². The maximum atomic E-state index is 12.6. The molecule has 0 saturated carbocycles. The van der Waals surface area contributed by atoms with Gasteiger partial charge < -0.3 is 15.5 Å². The Morgan fingerprint density at radius 2 is 1.93 bits per heavy atom. The van der Waals surface area contributed by atoms with Crippen LogP contribution >= 0.6 is 0 Å². The van der Waals surface area contributed by atoms with Gasteiger partial charge >= 0.3 is 0 Å². The molecule has 1 fully saturated rings. The van der Waals surface area contributed by atoms with Gasteiger partial charge in [0.25, 0.3) is 0 Å². The Morgan fingerprint density at radius 1 is 1.15 bits per heavy atom. The van der Waals surface area contributed by atoms with Crippen molar-refractivity contribution in [3.05, 3.63) is 42.4 Å². The number of nitrogens with two attached hydrogens (primary N) is 1. The number of nitrogens with zero attached hydrogens (tertiary/aromatic N) is 6. The number of anilines is 2. The number of rotatable bonds is 4. The normalized spacial score (nSPS) is 14.7. The first kappa shape index (κ1) is 17.3. The van der Waals surface area contributed by atoms with Gasteiger partial charge in [-0.05, 0) is 18.1 Å². The van der Waals surface area contributed by atoms with Crippen molar-refractivity contribution in [2.45, 2.75) is 12.8 Å². The Hall–Kier alpha value is -3.16. The highest BCUT2D eigenvalue weighted by atomic mass is 16.2. The molecule has 1 aromatic carbocycles. The summed E-state index contributed by atoms with van der Waals surface area (Å²) >= 11 is 0. The van der Waals surface area contributed by atoms with Crippen LogP contribution in [0, 0.1) is 0 Å². The largest absolute Gasteiger partial charge is 0.399 e. The number of fused-ring (bicyclic) bond motifs is 1. The van der Waals surface area contributed by atoms with Crippen molar-refractivity contribution >= 4 is 28.4 Å². The average molecular weight is 365 g/mol. The summed E-state index contributed by atoms with van der Waals surface area (Å²) in [6.07, 6.45) is 4.52. The van der Waals surface area contributed by atoms with Crippen molar-refractivity contribution in [2.24, 2.45) is 7.05 Å². The third-order valence-electron chi connectivity index (χ3n) is 5.10. The minimum atomic E-state index is 0.173. The number of carbonyl (C=O) groups is 1. The van der Waals surface area contributed by atoms with Crippen LogP contribution in [0.2, 0.25) is 0 Å². The molecule has 8 heteroatoms. The average Bonchev–Trinajstić information content (AvgIpc) is 3.08. The summed E-state index contributed by atoms with van der Waals surface area (Å²) in [5.74, 6) is 1.06. The van der Waals surface area contributed by atoms with Gasteiger partial charge in [-0.25, -0.2) is 9.97 Å². The zero-order chi connectivity index (χ0) is 18.8. The molecule has 1 aliphatic rings. The molecule has 1 saturated heterocycles. The van der Waals surface area contributed by atoms with Crippen molar-refractivity contribution in [1.29, 1.82) is 0 Å². The van der Waals surface area contributed by atoms with Gasteiger partial charge in [0.15, 0.2) is 5.65 Å². The Bertz CT molecular complexity index is 960. The molecule has 0 aliphatic carbocycles. The fourth-order valence-electron chi connectivity index (χ4n) is 3.53. The van der Waals surface area contributed by atoms with Crippen LogP contribution in [-0.2, 0) is 18.3 Å². The number of aryl methyl sites for hydroxylation is 2. The number of benzene rings is 1. The molecule has 2 aromatic heterocycles. The number of aromatic nitrogens is 4. The zero-order valence-corrected chi connectivity index (χ0v) is 15.4. The van der Waals surface area contributed by atoms with Crippen molar-refractivity contribution in [3.63, 3.8) is 0 Å². The smallest absolute Gasteiger partial charge is 0.223 e. The number of hydrogen-bond donors (Lipinski definition) is 1. The molecule has 2 N–H and O–H groups in total. The second-order valence-corrected chi connectivity index (χ2v) is 6.77. The van der Waals surface area contributed by atoms with E-state index < -0.39 is 0 Å². The summed E-state index contributed by atoms with van der Waals surface area (Å²) in [5.41, 5.74) is 8.56. The van der Waals surface area contributed by atoms with E-state index in [1.54, 1.807) is 17.2 Å². The molecular weight excluding hydrogens is 342 g/mol. The van der Waals surface area contributed by atoms with Crippen LogP contribution < -0.4 is 10.6 Å². The third kappa shape index (κ3) is 3.42. The molecule has 3 heterocycles. The van der Waals surface area contributed by atoms with Gasteiger partial charge in [-0.1, -0.05) is 18.2 Å². The van der Waals surface area contributed by atoms with E-state index in [0.29, 0.717) is 25.9 Å². The maximum absolute atomic E-state index is 12.6. The fourth-order valence-corrected chi connectivity index (χ4v) is 3.53. The standard InChI is InChI=1S/C19H23N7O/c1-24-18-15(12-23-24)19(22-13-21-18)26-10-8-25(9-11-26)17(27)7-6-14-4-2-3-5-16(14)20/h2-5,12-13H,6-11,20H2,1H3. The SMILES string of the molecule is Cn1ncc2c(N3CCN(C(=O)CCc4ccccc4N)CC3)ncnc21. The van der Waals surface area contributed by atoms with Crippen molar-refractivity contribution in [3.8, 4) is 0 Å². The Kier molecular flexibility index (Phi) is 4.62. The number of nitrogen functional groups attached to an aromatic ring is 1. The van der Waals surface area contributed by atoms with Gasteiger partial charge in [-0.15, -0.1) is 0 Å². The summed E-state index contributed by atoms with van der Waals surface area (Å²) in [7, 11) is 1.87. The van der Waals surface area contributed by atoms with E-state index in [2.05, 4.69) is 20.0 Å². The van der Waals surface area contributed by atoms with E-state index in [9.17, 15) is 4.79 Å². The van der Waals surface area contributed by atoms with E-state index >= 15 is 0 Å². The molecule has 140 valence electrons. The molecular formula is C19H23N7O. The lowest BCUT2D eigenvalue weighted by Gasteiger charge is -2.35. The first-order chi connectivity index (χ1) is 13.1. The number of piperazine rings is 1. The van der Waals surface area contributed by atoms with Crippen LogP contribution in [0.4, 0.5) is 11.5 Å². The van der Waals surface area contributed by atoms with Gasteiger partial charge in [0.1, 0.15) is 12.1 Å². The third-order valence-corrected chi connectivity index (χ3v) is 5.10. The quantitative estimate of drug-likeness (QED) is 0.699. The minimum absolute atomic E-state index is 0.173. The lowest BCUT2D eigenvalue weighted by molar-refractivity contribution is -0.131. The zero-order valence-electron chi connectivity index (χ0n) is 15.4. The van der Waals surface area contributed by atoms with Gasteiger partial charge in [0.05, 0.1) is 11.6 Å². The number of carbonyl (C=O) groups excluding carboxylic acids is 1. The second-order valence-electron chi connectivity index (χ2n) is 6.77. The number of para-hydroxylation sites is 1. The summed E-state index contributed by atoms with van der Waals surface area (Å²) < 4.78 is 1.75. The molecule has 4 rings (SSSR count). The Morgan fingerprint density at radius 3 is 2.70 bits per heavy atom. The summed E-state index contributed by atoms with van der Waals surface area (Å²) in [4.78, 5) is 25.4.